The largest absolute Gasteiger partial charge is 0.481 e. The fourth-order valence-corrected chi connectivity index (χ4v) is 4.41. The number of ether oxygens (including phenoxy) is 1. The zero-order chi connectivity index (χ0) is 24.4. The summed E-state index contributed by atoms with van der Waals surface area (Å²) in [6.45, 7) is 4.38. The number of rotatable bonds is 26. The molecule has 0 amide bonds. The first-order valence-corrected chi connectivity index (χ1v) is 14.5. The van der Waals surface area contributed by atoms with Gasteiger partial charge >= 0.3 is 11.9 Å². The number of esters is 1. The fourth-order valence-electron chi connectivity index (χ4n) is 4.41. The number of hydrogen-bond donors (Lipinski definition) is 1. The summed E-state index contributed by atoms with van der Waals surface area (Å²) in [5, 5.41) is 8.62. The predicted octanol–water partition coefficient (Wildman–Crippen LogP) is 9.39. The monoisotopic (exact) mass is 468 g/mol. The van der Waals surface area contributed by atoms with Gasteiger partial charge < -0.3 is 9.84 Å². The van der Waals surface area contributed by atoms with Crippen molar-refractivity contribution in [2.24, 2.45) is 0 Å². The number of unbranched alkanes of at least 4 members (excludes halogenated alkanes) is 18. The maximum Gasteiger partial charge on any atom is 0.306 e. The molecule has 1 N–H and O–H groups in total. The number of aliphatic carboxylic acids is 1. The van der Waals surface area contributed by atoms with Gasteiger partial charge in [0, 0.05) is 12.8 Å². The highest BCUT2D eigenvalue weighted by Gasteiger charge is 2.12. The van der Waals surface area contributed by atoms with E-state index in [1.807, 2.05) is 0 Å². The number of carboxylic acid groups (broad SMARTS) is 1. The van der Waals surface area contributed by atoms with Crippen LogP contribution in [0.1, 0.15) is 168 Å². The number of hydrogen-bond acceptors (Lipinski definition) is 3. The van der Waals surface area contributed by atoms with Crippen LogP contribution >= 0.6 is 0 Å². The Balaban J connectivity index is 3.45. The Labute approximate surface area is 205 Å². The van der Waals surface area contributed by atoms with E-state index in [0.29, 0.717) is 12.8 Å². The van der Waals surface area contributed by atoms with Gasteiger partial charge in [-0.15, -0.1) is 0 Å². The van der Waals surface area contributed by atoms with E-state index in [4.69, 9.17) is 9.84 Å². The van der Waals surface area contributed by atoms with Crippen molar-refractivity contribution >= 4 is 11.9 Å². The van der Waals surface area contributed by atoms with Crippen LogP contribution in [-0.4, -0.2) is 23.1 Å². The van der Waals surface area contributed by atoms with E-state index in [-0.39, 0.29) is 12.1 Å². The SMILES string of the molecule is CCCCCCCCCCCCCC(=O)OC(CC)CCCCCCCCCCCC(=O)O. The molecule has 0 aromatic rings. The highest BCUT2D eigenvalue weighted by molar-refractivity contribution is 5.69. The lowest BCUT2D eigenvalue weighted by atomic mass is 10.0. The van der Waals surface area contributed by atoms with Gasteiger partial charge in [-0.2, -0.15) is 0 Å². The van der Waals surface area contributed by atoms with E-state index in [1.165, 1.54) is 89.9 Å². The molecule has 0 aromatic carbocycles. The van der Waals surface area contributed by atoms with Crippen molar-refractivity contribution in [2.75, 3.05) is 0 Å². The predicted molar refractivity (Wildman–Crippen MR) is 140 cm³/mol. The van der Waals surface area contributed by atoms with Crippen molar-refractivity contribution in [3.63, 3.8) is 0 Å². The molecule has 0 aliphatic rings. The van der Waals surface area contributed by atoms with Crippen LogP contribution in [0.5, 0.6) is 0 Å². The summed E-state index contributed by atoms with van der Waals surface area (Å²) >= 11 is 0. The molecular weight excluding hydrogens is 412 g/mol. The van der Waals surface area contributed by atoms with Gasteiger partial charge in [-0.1, -0.05) is 123 Å². The summed E-state index contributed by atoms with van der Waals surface area (Å²) in [5.41, 5.74) is 0. The molecule has 1 atom stereocenters. The van der Waals surface area contributed by atoms with Crippen LogP contribution in [0.3, 0.4) is 0 Å². The molecule has 0 rings (SSSR count). The lowest BCUT2D eigenvalue weighted by Crippen LogP contribution is -2.17. The molecule has 0 aliphatic carbocycles. The maximum atomic E-state index is 12.1. The first kappa shape index (κ1) is 31.9. The van der Waals surface area contributed by atoms with Gasteiger partial charge in [-0.25, -0.2) is 0 Å². The fraction of sp³-hybridized carbons (Fsp3) is 0.931. The Morgan fingerprint density at radius 3 is 1.39 bits per heavy atom. The van der Waals surface area contributed by atoms with Crippen molar-refractivity contribution in [1.29, 1.82) is 0 Å². The average molecular weight is 469 g/mol. The van der Waals surface area contributed by atoms with Crippen molar-refractivity contribution < 1.29 is 19.4 Å². The smallest absolute Gasteiger partial charge is 0.306 e. The van der Waals surface area contributed by atoms with Gasteiger partial charge in [0.1, 0.15) is 6.10 Å². The Bertz CT molecular complexity index is 435. The van der Waals surface area contributed by atoms with Crippen LogP contribution in [0, 0.1) is 0 Å². The van der Waals surface area contributed by atoms with Crippen molar-refractivity contribution in [1.82, 2.24) is 0 Å². The zero-order valence-electron chi connectivity index (χ0n) is 22.2. The van der Waals surface area contributed by atoms with Gasteiger partial charge in [0.15, 0.2) is 0 Å². The molecule has 0 bridgehead atoms. The lowest BCUT2D eigenvalue weighted by Gasteiger charge is -2.16. The quantitative estimate of drug-likeness (QED) is 0.101. The Morgan fingerprint density at radius 1 is 0.576 bits per heavy atom. The summed E-state index contributed by atoms with van der Waals surface area (Å²) in [4.78, 5) is 22.6. The van der Waals surface area contributed by atoms with Crippen molar-refractivity contribution in [3.05, 3.63) is 0 Å². The zero-order valence-corrected chi connectivity index (χ0v) is 22.2. The average Bonchev–Trinajstić information content (AvgIpc) is 2.80. The third-order valence-corrected chi connectivity index (χ3v) is 6.65. The van der Waals surface area contributed by atoms with Gasteiger partial charge in [-0.05, 0) is 32.1 Å². The summed E-state index contributed by atoms with van der Waals surface area (Å²) in [5.74, 6) is -0.680. The summed E-state index contributed by atoms with van der Waals surface area (Å²) in [6.07, 6.45) is 27.5. The molecule has 0 heterocycles. The minimum Gasteiger partial charge on any atom is -0.481 e. The standard InChI is InChI=1S/C29H56O4/c1-3-5-6-7-8-9-10-14-17-20-23-26-29(32)33-27(4-2)24-21-18-15-12-11-13-16-19-22-25-28(30)31/h27H,3-26H2,1-2H3,(H,30,31). The molecular formula is C29H56O4. The molecule has 0 radical (unpaired) electrons. The third-order valence-electron chi connectivity index (χ3n) is 6.65. The molecule has 0 spiro atoms. The number of carbonyl (C=O) groups is 2. The Hall–Kier alpha value is -1.06. The molecule has 0 fully saturated rings. The van der Waals surface area contributed by atoms with Gasteiger partial charge in [0.05, 0.1) is 0 Å². The minimum absolute atomic E-state index is 0.000622. The molecule has 4 heteroatoms. The molecule has 0 saturated carbocycles. The first-order chi connectivity index (χ1) is 16.1. The molecule has 196 valence electrons. The normalized spacial score (nSPS) is 12.1. The molecule has 33 heavy (non-hydrogen) atoms. The third kappa shape index (κ3) is 25.4. The summed E-state index contributed by atoms with van der Waals surface area (Å²) in [6, 6.07) is 0. The van der Waals surface area contributed by atoms with Crippen molar-refractivity contribution in [3.8, 4) is 0 Å². The Morgan fingerprint density at radius 2 is 0.970 bits per heavy atom. The van der Waals surface area contributed by atoms with Crippen LogP contribution in [0.25, 0.3) is 0 Å². The molecule has 0 saturated heterocycles. The molecule has 0 aromatic heterocycles. The van der Waals surface area contributed by atoms with Gasteiger partial charge in [-0.3, -0.25) is 9.59 Å². The van der Waals surface area contributed by atoms with Crippen LogP contribution in [0.15, 0.2) is 0 Å². The summed E-state index contributed by atoms with van der Waals surface area (Å²) < 4.78 is 5.71. The van der Waals surface area contributed by atoms with E-state index >= 15 is 0 Å². The van der Waals surface area contributed by atoms with E-state index < -0.39 is 5.97 Å². The van der Waals surface area contributed by atoms with E-state index in [9.17, 15) is 9.59 Å². The van der Waals surface area contributed by atoms with Crippen LogP contribution in [0.2, 0.25) is 0 Å². The highest BCUT2D eigenvalue weighted by Crippen LogP contribution is 2.16. The lowest BCUT2D eigenvalue weighted by molar-refractivity contribution is -0.149. The van der Waals surface area contributed by atoms with Crippen LogP contribution in [0.4, 0.5) is 0 Å². The molecule has 0 aliphatic heterocycles. The topological polar surface area (TPSA) is 63.6 Å². The number of carbonyl (C=O) groups excluding carboxylic acids is 1. The maximum absolute atomic E-state index is 12.1. The van der Waals surface area contributed by atoms with Crippen molar-refractivity contribution in [2.45, 2.75) is 174 Å². The molecule has 4 nitrogen and oxygen atoms in total. The van der Waals surface area contributed by atoms with Crippen LogP contribution < -0.4 is 0 Å². The van der Waals surface area contributed by atoms with E-state index in [1.54, 1.807) is 0 Å². The second-order valence-electron chi connectivity index (χ2n) is 9.92. The van der Waals surface area contributed by atoms with E-state index in [0.717, 1.165) is 51.4 Å². The number of carboxylic acids is 1. The second kappa shape index (κ2) is 25.6. The van der Waals surface area contributed by atoms with Gasteiger partial charge in [0.2, 0.25) is 0 Å². The summed E-state index contributed by atoms with van der Waals surface area (Å²) in [7, 11) is 0. The van der Waals surface area contributed by atoms with Gasteiger partial charge in [0.25, 0.3) is 0 Å². The second-order valence-corrected chi connectivity index (χ2v) is 9.92. The Kier molecular flexibility index (Phi) is 24.7. The minimum atomic E-state index is -0.680. The van der Waals surface area contributed by atoms with Crippen LogP contribution in [-0.2, 0) is 14.3 Å². The first-order valence-electron chi connectivity index (χ1n) is 14.5. The highest BCUT2D eigenvalue weighted by atomic mass is 16.5. The molecule has 1 unspecified atom stereocenters. The van der Waals surface area contributed by atoms with E-state index in [2.05, 4.69) is 13.8 Å².